The number of carbonyl (C=O) groups excluding carboxylic acids is 1. The molecule has 0 amide bonds. The van der Waals surface area contributed by atoms with Crippen molar-refractivity contribution in [1.82, 2.24) is 0 Å². The molecule has 0 atom stereocenters. The number of carbonyl (C=O) groups is 1. The van der Waals surface area contributed by atoms with Crippen LogP contribution in [-0.2, 0) is 4.79 Å². The van der Waals surface area contributed by atoms with Gasteiger partial charge in [0.15, 0.2) is 5.78 Å². The lowest BCUT2D eigenvalue weighted by Gasteiger charge is -2.32. The highest BCUT2D eigenvalue weighted by Gasteiger charge is 2.26. The molecule has 0 fully saturated rings. The van der Waals surface area contributed by atoms with Crippen molar-refractivity contribution in [2.45, 2.75) is 40.0 Å². The normalized spacial score (nSPS) is 18.4. The number of benzene rings is 1. The van der Waals surface area contributed by atoms with Crippen molar-refractivity contribution in [1.29, 1.82) is 0 Å². The van der Waals surface area contributed by atoms with Crippen molar-refractivity contribution in [3.63, 3.8) is 0 Å². The molecular formula is C22H26O. The first-order valence-corrected chi connectivity index (χ1v) is 8.31. The van der Waals surface area contributed by atoms with Gasteiger partial charge in [-0.25, -0.2) is 0 Å². The summed E-state index contributed by atoms with van der Waals surface area (Å²) in [4.78, 5) is 12.0. The minimum atomic E-state index is 0.0318. The summed E-state index contributed by atoms with van der Waals surface area (Å²) in [7, 11) is 0. The minimum Gasteiger partial charge on any atom is -0.290 e. The number of hydrogen-bond acceptors (Lipinski definition) is 1. The van der Waals surface area contributed by atoms with Crippen LogP contribution in [0.1, 0.15) is 45.6 Å². The van der Waals surface area contributed by atoms with Gasteiger partial charge in [0.05, 0.1) is 0 Å². The van der Waals surface area contributed by atoms with E-state index in [1.165, 1.54) is 24.0 Å². The molecule has 0 radical (unpaired) electrons. The summed E-state index contributed by atoms with van der Waals surface area (Å²) in [5, 5.41) is 0. The molecule has 2 rings (SSSR count). The molecule has 1 aliphatic carbocycles. The zero-order chi connectivity index (χ0) is 16.7. The number of rotatable bonds is 5. The highest BCUT2D eigenvalue weighted by molar-refractivity contribution is 5.99. The van der Waals surface area contributed by atoms with Gasteiger partial charge in [-0.1, -0.05) is 74.1 Å². The van der Waals surface area contributed by atoms with Gasteiger partial charge in [0, 0.05) is 0 Å². The second-order valence-corrected chi connectivity index (χ2v) is 6.80. The fourth-order valence-electron chi connectivity index (χ4n) is 3.11. The molecule has 0 unspecified atom stereocenters. The molecule has 1 nitrogen and oxygen atoms in total. The maximum Gasteiger partial charge on any atom is 0.178 e. The Morgan fingerprint density at radius 3 is 2.48 bits per heavy atom. The molecule has 23 heavy (non-hydrogen) atoms. The molecular weight excluding hydrogens is 280 g/mol. The van der Waals surface area contributed by atoms with Crippen molar-refractivity contribution in [2.75, 3.05) is 0 Å². The molecule has 0 saturated heterocycles. The van der Waals surface area contributed by atoms with Gasteiger partial charge in [-0.15, -0.1) is 0 Å². The third-order valence-electron chi connectivity index (χ3n) is 4.42. The van der Waals surface area contributed by atoms with Crippen molar-refractivity contribution >= 4 is 11.9 Å². The molecule has 1 heteroatoms. The zero-order valence-corrected chi connectivity index (χ0v) is 14.4. The lowest BCUT2D eigenvalue weighted by atomic mass is 9.72. The van der Waals surface area contributed by atoms with Crippen LogP contribution in [0.25, 0.3) is 6.08 Å². The van der Waals surface area contributed by atoms with Crippen LogP contribution >= 0.6 is 0 Å². The first-order valence-electron chi connectivity index (χ1n) is 8.31. The molecule has 1 aromatic carbocycles. The Morgan fingerprint density at radius 1 is 1.04 bits per heavy atom. The third kappa shape index (κ3) is 5.21. The van der Waals surface area contributed by atoms with E-state index in [0.717, 1.165) is 12.0 Å². The van der Waals surface area contributed by atoms with Crippen LogP contribution in [0.3, 0.4) is 0 Å². The molecule has 0 aliphatic heterocycles. The minimum absolute atomic E-state index is 0.0318. The van der Waals surface area contributed by atoms with E-state index >= 15 is 0 Å². The van der Waals surface area contributed by atoms with Crippen molar-refractivity contribution in [3.05, 3.63) is 77.4 Å². The maximum atomic E-state index is 12.0. The average molecular weight is 306 g/mol. The first-order chi connectivity index (χ1) is 11.0. The van der Waals surface area contributed by atoms with Gasteiger partial charge in [0.25, 0.3) is 0 Å². The molecule has 0 N–H and O–H groups in total. The summed E-state index contributed by atoms with van der Waals surface area (Å²) < 4.78 is 0. The topological polar surface area (TPSA) is 17.1 Å². The maximum absolute atomic E-state index is 12.0. The van der Waals surface area contributed by atoms with Crippen LogP contribution in [0.15, 0.2) is 71.9 Å². The van der Waals surface area contributed by atoms with E-state index in [1.54, 1.807) is 18.2 Å². The number of allylic oxidation sites excluding steroid dienone is 7. The van der Waals surface area contributed by atoms with Gasteiger partial charge in [0.2, 0.25) is 0 Å². The second-order valence-electron chi connectivity index (χ2n) is 6.80. The Hall–Kier alpha value is -2.15. The molecule has 0 bridgehead atoms. The van der Waals surface area contributed by atoms with Crippen molar-refractivity contribution in [2.24, 2.45) is 5.41 Å². The Kier molecular flexibility index (Phi) is 5.92. The standard InChI is InChI=1S/C22H26O/c1-18-10-9-17-22(2,3)21(18)16-15-20(23)14-8-7-13-19-11-5-4-6-12-19/h4-8,11-16H,9-10,17H2,1-3H3/b13-7+,14-8+,16-15+. The molecule has 0 heterocycles. The summed E-state index contributed by atoms with van der Waals surface area (Å²) in [5.74, 6) is 0.0318. The quantitative estimate of drug-likeness (QED) is 0.488. The number of ketones is 1. The van der Waals surface area contributed by atoms with Crippen molar-refractivity contribution < 1.29 is 4.79 Å². The van der Waals surface area contributed by atoms with E-state index in [0.29, 0.717) is 0 Å². The summed E-state index contributed by atoms with van der Waals surface area (Å²) in [5.41, 5.74) is 4.05. The van der Waals surface area contributed by atoms with E-state index in [1.807, 2.05) is 48.6 Å². The Labute approximate surface area is 140 Å². The van der Waals surface area contributed by atoms with Gasteiger partial charge < -0.3 is 0 Å². The Morgan fingerprint density at radius 2 is 1.78 bits per heavy atom. The predicted molar refractivity (Wildman–Crippen MR) is 99.1 cm³/mol. The SMILES string of the molecule is CC1=C(/C=C/C(=O)/C=C/C=C/c2ccccc2)C(C)(C)CCC1. The van der Waals surface area contributed by atoms with E-state index < -0.39 is 0 Å². The predicted octanol–water partition coefficient (Wildman–Crippen LogP) is 5.91. The molecule has 120 valence electrons. The molecule has 1 aliphatic rings. The first kappa shape index (κ1) is 17.2. The van der Waals surface area contributed by atoms with E-state index in [4.69, 9.17) is 0 Å². The average Bonchev–Trinajstić information content (AvgIpc) is 2.51. The lowest BCUT2D eigenvalue weighted by molar-refractivity contribution is -0.110. The summed E-state index contributed by atoms with van der Waals surface area (Å²) >= 11 is 0. The molecule has 1 aromatic rings. The van der Waals surface area contributed by atoms with Crippen LogP contribution in [0.5, 0.6) is 0 Å². The Balaban J connectivity index is 1.96. The summed E-state index contributed by atoms with van der Waals surface area (Å²) in [6, 6.07) is 10.1. The highest BCUT2D eigenvalue weighted by atomic mass is 16.1. The van der Waals surface area contributed by atoms with Crippen LogP contribution in [0, 0.1) is 5.41 Å². The van der Waals surface area contributed by atoms with E-state index in [2.05, 4.69) is 20.8 Å². The third-order valence-corrected chi connectivity index (χ3v) is 4.42. The smallest absolute Gasteiger partial charge is 0.178 e. The molecule has 0 aromatic heterocycles. The van der Waals surface area contributed by atoms with E-state index in [9.17, 15) is 4.79 Å². The zero-order valence-electron chi connectivity index (χ0n) is 14.4. The lowest BCUT2D eigenvalue weighted by Crippen LogP contribution is -2.19. The van der Waals surface area contributed by atoms with Gasteiger partial charge in [-0.2, -0.15) is 0 Å². The van der Waals surface area contributed by atoms with Gasteiger partial charge in [0.1, 0.15) is 0 Å². The van der Waals surface area contributed by atoms with Crippen LogP contribution in [0.2, 0.25) is 0 Å². The van der Waals surface area contributed by atoms with E-state index in [-0.39, 0.29) is 11.2 Å². The highest BCUT2D eigenvalue weighted by Crippen LogP contribution is 2.40. The van der Waals surface area contributed by atoms with Crippen LogP contribution < -0.4 is 0 Å². The fourth-order valence-corrected chi connectivity index (χ4v) is 3.11. The van der Waals surface area contributed by atoms with Gasteiger partial charge >= 0.3 is 0 Å². The van der Waals surface area contributed by atoms with Gasteiger partial charge in [-0.3, -0.25) is 4.79 Å². The fraction of sp³-hybridized carbons (Fsp3) is 0.318. The van der Waals surface area contributed by atoms with Crippen LogP contribution in [-0.4, -0.2) is 5.78 Å². The number of hydrogen-bond donors (Lipinski definition) is 0. The molecule has 0 spiro atoms. The van der Waals surface area contributed by atoms with Gasteiger partial charge in [-0.05, 0) is 54.9 Å². The molecule has 0 saturated carbocycles. The Bertz CT molecular complexity index is 654. The largest absolute Gasteiger partial charge is 0.290 e. The second kappa shape index (κ2) is 7.92. The summed E-state index contributed by atoms with van der Waals surface area (Å²) in [6.07, 6.45) is 14.6. The van der Waals surface area contributed by atoms with Crippen molar-refractivity contribution in [3.8, 4) is 0 Å². The summed E-state index contributed by atoms with van der Waals surface area (Å²) in [6.45, 7) is 6.71. The monoisotopic (exact) mass is 306 g/mol. The van der Waals surface area contributed by atoms with Crippen LogP contribution in [0.4, 0.5) is 0 Å².